The third-order valence-electron chi connectivity index (χ3n) is 5.65. The summed E-state index contributed by atoms with van der Waals surface area (Å²) in [5.74, 6) is 0.883. The van der Waals surface area contributed by atoms with Gasteiger partial charge in [-0.2, -0.15) is 0 Å². The lowest BCUT2D eigenvalue weighted by Crippen LogP contribution is -2.47. The van der Waals surface area contributed by atoms with Gasteiger partial charge < -0.3 is 5.32 Å². The molecule has 2 aliphatic rings. The Morgan fingerprint density at radius 2 is 1.79 bits per heavy atom. The van der Waals surface area contributed by atoms with Crippen molar-refractivity contribution in [3.63, 3.8) is 0 Å². The number of aryl methyl sites for hydroxylation is 1. The summed E-state index contributed by atoms with van der Waals surface area (Å²) in [5, 5.41) is 3.36. The molecule has 3 rings (SSSR count). The molecule has 0 unspecified atom stereocenters. The van der Waals surface area contributed by atoms with Crippen LogP contribution in [0.5, 0.6) is 0 Å². The number of carbonyl (C=O) groups excluding carboxylic acids is 1. The predicted octanol–water partition coefficient (Wildman–Crippen LogP) is 4.22. The first kappa shape index (κ1) is 17.5. The SMILES string of the molecule is Cc1ccc([C@@H](C(=O)NC2CCCCC2)N2CCC[C@@H](C)C2)cc1. The molecule has 1 saturated carbocycles. The standard InChI is InChI=1S/C21H32N2O/c1-16-10-12-18(13-11-16)20(23-14-6-7-17(2)15-23)21(24)22-19-8-4-3-5-9-19/h10-13,17,19-20H,3-9,14-15H2,1-2H3,(H,22,24)/t17-,20+/m1/s1. The van der Waals surface area contributed by atoms with Gasteiger partial charge in [-0.1, -0.05) is 56.0 Å². The van der Waals surface area contributed by atoms with Crippen molar-refractivity contribution in [2.75, 3.05) is 13.1 Å². The van der Waals surface area contributed by atoms with E-state index in [4.69, 9.17) is 0 Å². The van der Waals surface area contributed by atoms with Crippen LogP contribution in [0.15, 0.2) is 24.3 Å². The lowest BCUT2D eigenvalue weighted by atomic mass is 9.93. The second kappa shape index (κ2) is 8.15. The van der Waals surface area contributed by atoms with Gasteiger partial charge in [0.05, 0.1) is 0 Å². The van der Waals surface area contributed by atoms with E-state index >= 15 is 0 Å². The van der Waals surface area contributed by atoms with Crippen LogP contribution in [0.2, 0.25) is 0 Å². The molecule has 0 bridgehead atoms. The molecule has 0 aromatic heterocycles. The van der Waals surface area contributed by atoms with Crippen LogP contribution in [-0.4, -0.2) is 29.9 Å². The number of rotatable bonds is 4. The third-order valence-corrected chi connectivity index (χ3v) is 5.65. The summed E-state index contributed by atoms with van der Waals surface area (Å²) < 4.78 is 0. The Kier molecular flexibility index (Phi) is 5.94. The van der Waals surface area contributed by atoms with Crippen LogP contribution < -0.4 is 5.32 Å². The van der Waals surface area contributed by atoms with Crippen molar-refractivity contribution < 1.29 is 4.79 Å². The molecule has 3 nitrogen and oxygen atoms in total. The highest BCUT2D eigenvalue weighted by molar-refractivity contribution is 5.83. The zero-order valence-electron chi connectivity index (χ0n) is 15.3. The van der Waals surface area contributed by atoms with E-state index in [2.05, 4.69) is 48.3 Å². The van der Waals surface area contributed by atoms with Gasteiger partial charge in [-0.3, -0.25) is 9.69 Å². The molecule has 1 aliphatic carbocycles. The van der Waals surface area contributed by atoms with E-state index < -0.39 is 0 Å². The van der Waals surface area contributed by atoms with E-state index in [-0.39, 0.29) is 11.9 Å². The second-order valence-corrected chi connectivity index (χ2v) is 7.90. The first-order chi connectivity index (χ1) is 11.6. The van der Waals surface area contributed by atoms with Crippen LogP contribution in [0.3, 0.4) is 0 Å². The molecule has 1 saturated heterocycles. The van der Waals surface area contributed by atoms with Crippen LogP contribution in [0.25, 0.3) is 0 Å². The fraction of sp³-hybridized carbons (Fsp3) is 0.667. The number of likely N-dealkylation sites (tertiary alicyclic amines) is 1. The van der Waals surface area contributed by atoms with Crippen molar-refractivity contribution in [1.29, 1.82) is 0 Å². The van der Waals surface area contributed by atoms with Gasteiger partial charge in [0.25, 0.3) is 0 Å². The molecule has 2 fully saturated rings. The number of piperidine rings is 1. The summed E-state index contributed by atoms with van der Waals surface area (Å²) in [6.07, 6.45) is 8.58. The van der Waals surface area contributed by atoms with Gasteiger partial charge in [0, 0.05) is 12.6 Å². The lowest BCUT2D eigenvalue weighted by molar-refractivity contribution is -0.128. The molecule has 2 atom stereocenters. The maximum absolute atomic E-state index is 13.1. The van der Waals surface area contributed by atoms with Crippen LogP contribution in [0, 0.1) is 12.8 Å². The normalized spacial score (nSPS) is 24.5. The Morgan fingerprint density at radius 1 is 1.08 bits per heavy atom. The summed E-state index contributed by atoms with van der Waals surface area (Å²) in [5.41, 5.74) is 2.39. The highest BCUT2D eigenvalue weighted by Crippen LogP contribution is 2.28. The molecule has 132 valence electrons. The van der Waals surface area contributed by atoms with Crippen molar-refractivity contribution in [3.8, 4) is 0 Å². The molecule has 1 aromatic carbocycles. The fourth-order valence-electron chi connectivity index (χ4n) is 4.26. The Morgan fingerprint density at radius 3 is 2.46 bits per heavy atom. The molecular weight excluding hydrogens is 296 g/mol. The van der Waals surface area contributed by atoms with E-state index in [1.807, 2.05) is 0 Å². The van der Waals surface area contributed by atoms with Crippen molar-refractivity contribution in [2.24, 2.45) is 5.92 Å². The zero-order valence-corrected chi connectivity index (χ0v) is 15.3. The molecule has 1 aromatic rings. The Bertz CT molecular complexity index is 533. The number of nitrogens with one attached hydrogen (secondary N) is 1. The minimum Gasteiger partial charge on any atom is -0.352 e. The topological polar surface area (TPSA) is 32.3 Å². The average molecular weight is 329 g/mol. The number of hydrogen-bond acceptors (Lipinski definition) is 2. The van der Waals surface area contributed by atoms with E-state index in [0.717, 1.165) is 31.5 Å². The number of benzene rings is 1. The minimum atomic E-state index is -0.129. The molecule has 1 N–H and O–H groups in total. The quantitative estimate of drug-likeness (QED) is 0.897. The van der Waals surface area contributed by atoms with E-state index in [9.17, 15) is 4.79 Å². The fourth-order valence-corrected chi connectivity index (χ4v) is 4.26. The molecule has 3 heteroatoms. The summed E-state index contributed by atoms with van der Waals surface area (Å²) in [6.45, 7) is 6.46. The Balaban J connectivity index is 1.77. The molecule has 1 aliphatic heterocycles. The van der Waals surface area contributed by atoms with Crippen molar-refractivity contribution >= 4 is 5.91 Å². The molecule has 1 heterocycles. The summed E-state index contributed by atoms with van der Waals surface area (Å²) in [4.78, 5) is 15.5. The van der Waals surface area contributed by atoms with Gasteiger partial charge in [-0.05, 0) is 50.6 Å². The second-order valence-electron chi connectivity index (χ2n) is 7.90. The molecular formula is C21H32N2O. The highest BCUT2D eigenvalue weighted by Gasteiger charge is 2.31. The maximum Gasteiger partial charge on any atom is 0.242 e. The summed E-state index contributed by atoms with van der Waals surface area (Å²) >= 11 is 0. The molecule has 0 spiro atoms. The maximum atomic E-state index is 13.1. The Labute approximate surface area is 146 Å². The van der Waals surface area contributed by atoms with Gasteiger partial charge in [-0.15, -0.1) is 0 Å². The largest absolute Gasteiger partial charge is 0.352 e. The molecule has 24 heavy (non-hydrogen) atoms. The zero-order chi connectivity index (χ0) is 16.9. The average Bonchev–Trinajstić information content (AvgIpc) is 2.58. The lowest BCUT2D eigenvalue weighted by Gasteiger charge is -2.37. The smallest absolute Gasteiger partial charge is 0.242 e. The van der Waals surface area contributed by atoms with Crippen LogP contribution in [0.1, 0.15) is 69.0 Å². The predicted molar refractivity (Wildman–Crippen MR) is 98.9 cm³/mol. The van der Waals surface area contributed by atoms with Crippen molar-refractivity contribution in [1.82, 2.24) is 10.2 Å². The monoisotopic (exact) mass is 328 g/mol. The van der Waals surface area contributed by atoms with E-state index in [1.165, 1.54) is 37.7 Å². The number of carbonyl (C=O) groups is 1. The van der Waals surface area contributed by atoms with Gasteiger partial charge in [0.1, 0.15) is 6.04 Å². The van der Waals surface area contributed by atoms with Gasteiger partial charge in [0.2, 0.25) is 5.91 Å². The van der Waals surface area contributed by atoms with Gasteiger partial charge in [-0.25, -0.2) is 0 Å². The van der Waals surface area contributed by atoms with E-state index in [1.54, 1.807) is 0 Å². The highest BCUT2D eigenvalue weighted by atomic mass is 16.2. The first-order valence-corrected chi connectivity index (χ1v) is 9.74. The summed E-state index contributed by atoms with van der Waals surface area (Å²) in [6, 6.07) is 8.78. The number of amides is 1. The Hall–Kier alpha value is -1.35. The van der Waals surface area contributed by atoms with Crippen molar-refractivity contribution in [3.05, 3.63) is 35.4 Å². The summed E-state index contributed by atoms with van der Waals surface area (Å²) in [7, 11) is 0. The third kappa shape index (κ3) is 4.38. The minimum absolute atomic E-state index is 0.129. The van der Waals surface area contributed by atoms with E-state index in [0.29, 0.717) is 12.0 Å². The first-order valence-electron chi connectivity index (χ1n) is 9.74. The van der Waals surface area contributed by atoms with Gasteiger partial charge >= 0.3 is 0 Å². The molecule has 0 radical (unpaired) electrons. The van der Waals surface area contributed by atoms with Crippen LogP contribution in [0.4, 0.5) is 0 Å². The van der Waals surface area contributed by atoms with Crippen LogP contribution in [-0.2, 0) is 4.79 Å². The van der Waals surface area contributed by atoms with Gasteiger partial charge in [0.15, 0.2) is 0 Å². The molecule has 1 amide bonds. The van der Waals surface area contributed by atoms with Crippen molar-refractivity contribution in [2.45, 2.75) is 70.9 Å². The van der Waals surface area contributed by atoms with Crippen LogP contribution >= 0.6 is 0 Å². The number of hydrogen-bond donors (Lipinski definition) is 1. The number of nitrogens with zero attached hydrogens (tertiary/aromatic N) is 1.